The highest BCUT2D eigenvalue weighted by molar-refractivity contribution is 6.16. The van der Waals surface area contributed by atoms with Gasteiger partial charge in [0, 0.05) is 12.5 Å². The summed E-state index contributed by atoms with van der Waals surface area (Å²) >= 11 is 5.86. The van der Waals surface area contributed by atoms with Crippen LogP contribution in [0.15, 0.2) is 0 Å². The van der Waals surface area contributed by atoms with Gasteiger partial charge in [-0.2, -0.15) is 0 Å². The molecule has 1 saturated carbocycles. The first-order valence-corrected chi connectivity index (χ1v) is 6.28. The number of aromatic nitrogens is 3. The summed E-state index contributed by atoms with van der Waals surface area (Å²) in [6.45, 7) is 4.47. The number of alkyl halides is 1. The van der Waals surface area contributed by atoms with Crippen LogP contribution in [0.5, 0.6) is 0 Å². The molecule has 1 fully saturated rings. The van der Waals surface area contributed by atoms with E-state index in [1.807, 2.05) is 0 Å². The molecule has 15 heavy (non-hydrogen) atoms. The van der Waals surface area contributed by atoms with Crippen molar-refractivity contribution in [3.63, 3.8) is 0 Å². The van der Waals surface area contributed by atoms with Crippen molar-refractivity contribution in [2.24, 2.45) is 5.92 Å². The lowest BCUT2D eigenvalue weighted by atomic mass is 10.1. The third-order valence-corrected chi connectivity index (χ3v) is 3.34. The number of nitrogens with zero attached hydrogens (tertiary/aromatic N) is 3. The van der Waals surface area contributed by atoms with Gasteiger partial charge in [0.1, 0.15) is 11.6 Å². The van der Waals surface area contributed by atoms with Crippen molar-refractivity contribution in [1.29, 1.82) is 0 Å². The fourth-order valence-corrected chi connectivity index (χ4v) is 1.98. The summed E-state index contributed by atoms with van der Waals surface area (Å²) in [5.74, 6) is 3.22. The molecule has 3 nitrogen and oxygen atoms in total. The molecular formula is C11H18ClN3. The van der Waals surface area contributed by atoms with Crippen LogP contribution in [0.1, 0.15) is 50.8 Å². The average Bonchev–Trinajstić information content (AvgIpc) is 3.00. The maximum absolute atomic E-state index is 5.86. The van der Waals surface area contributed by atoms with E-state index in [1.165, 1.54) is 19.3 Å². The Morgan fingerprint density at radius 3 is 2.60 bits per heavy atom. The van der Waals surface area contributed by atoms with Gasteiger partial charge in [0.15, 0.2) is 0 Å². The second-order valence-corrected chi connectivity index (χ2v) is 4.75. The number of hydrogen-bond donors (Lipinski definition) is 0. The van der Waals surface area contributed by atoms with Crippen molar-refractivity contribution in [2.45, 2.75) is 51.5 Å². The highest BCUT2D eigenvalue weighted by Gasteiger charge is 2.29. The molecule has 1 aromatic rings. The number of hydrogen-bond acceptors (Lipinski definition) is 2. The molecule has 1 aliphatic carbocycles. The van der Waals surface area contributed by atoms with Gasteiger partial charge in [0.25, 0.3) is 0 Å². The third-order valence-electron chi connectivity index (χ3n) is 3.10. The number of halogens is 1. The first-order chi connectivity index (χ1) is 7.26. The van der Waals surface area contributed by atoms with E-state index in [4.69, 9.17) is 11.6 Å². The highest BCUT2D eigenvalue weighted by atomic mass is 35.5. The normalized spacial score (nSPS) is 18.1. The Hall–Kier alpha value is -0.570. The van der Waals surface area contributed by atoms with Gasteiger partial charge < -0.3 is 4.57 Å². The van der Waals surface area contributed by atoms with Gasteiger partial charge in [-0.25, -0.2) is 0 Å². The van der Waals surface area contributed by atoms with Gasteiger partial charge in [-0.1, -0.05) is 20.3 Å². The van der Waals surface area contributed by atoms with Crippen molar-refractivity contribution in [2.75, 3.05) is 0 Å². The van der Waals surface area contributed by atoms with Crippen LogP contribution in [0, 0.1) is 5.92 Å². The van der Waals surface area contributed by atoms with E-state index in [9.17, 15) is 0 Å². The zero-order valence-electron chi connectivity index (χ0n) is 9.41. The predicted octanol–water partition coefficient (Wildman–Crippen LogP) is 2.94. The van der Waals surface area contributed by atoms with Gasteiger partial charge in [-0.15, -0.1) is 21.8 Å². The molecule has 0 spiro atoms. The summed E-state index contributed by atoms with van der Waals surface area (Å²) in [5, 5.41) is 8.43. The van der Waals surface area contributed by atoms with E-state index >= 15 is 0 Å². The van der Waals surface area contributed by atoms with Crippen LogP contribution < -0.4 is 0 Å². The molecule has 2 rings (SSSR count). The molecule has 1 aromatic heterocycles. The van der Waals surface area contributed by atoms with E-state index in [0.717, 1.165) is 18.1 Å². The van der Waals surface area contributed by atoms with Crippen molar-refractivity contribution in [3.05, 3.63) is 11.6 Å². The topological polar surface area (TPSA) is 30.7 Å². The lowest BCUT2D eigenvalue weighted by Gasteiger charge is -2.10. The minimum Gasteiger partial charge on any atom is -0.311 e. The molecule has 1 aliphatic rings. The van der Waals surface area contributed by atoms with Crippen molar-refractivity contribution in [1.82, 2.24) is 14.8 Å². The van der Waals surface area contributed by atoms with E-state index in [-0.39, 0.29) is 0 Å². The minimum absolute atomic E-state index is 0.476. The smallest absolute Gasteiger partial charge is 0.148 e. The SMILES string of the molecule is CCC(C)Cc1nnc(CCl)n1C1CC1. The summed E-state index contributed by atoms with van der Waals surface area (Å²) in [4.78, 5) is 0. The Kier molecular flexibility index (Phi) is 3.29. The molecule has 0 aromatic carbocycles. The Morgan fingerprint density at radius 2 is 2.07 bits per heavy atom. The summed E-state index contributed by atoms with van der Waals surface area (Å²) in [7, 11) is 0. The molecule has 1 atom stereocenters. The van der Waals surface area contributed by atoms with Gasteiger partial charge in [0.05, 0.1) is 5.88 Å². The van der Waals surface area contributed by atoms with E-state index < -0.39 is 0 Å². The molecule has 0 aliphatic heterocycles. The van der Waals surface area contributed by atoms with Crippen LogP contribution in [-0.4, -0.2) is 14.8 Å². The minimum atomic E-state index is 0.476. The maximum Gasteiger partial charge on any atom is 0.148 e. The largest absolute Gasteiger partial charge is 0.311 e. The third kappa shape index (κ3) is 2.33. The predicted molar refractivity (Wildman–Crippen MR) is 61.0 cm³/mol. The molecule has 84 valence electrons. The second kappa shape index (κ2) is 4.52. The maximum atomic E-state index is 5.86. The second-order valence-electron chi connectivity index (χ2n) is 4.48. The molecule has 4 heteroatoms. The fraction of sp³-hybridized carbons (Fsp3) is 0.818. The molecule has 0 N–H and O–H groups in total. The lowest BCUT2D eigenvalue weighted by molar-refractivity contribution is 0.519. The van der Waals surface area contributed by atoms with Crippen LogP contribution in [0.4, 0.5) is 0 Å². The van der Waals surface area contributed by atoms with Crippen molar-refractivity contribution in [3.8, 4) is 0 Å². The van der Waals surface area contributed by atoms with Crippen LogP contribution >= 0.6 is 11.6 Å². The molecule has 0 saturated heterocycles. The molecular weight excluding hydrogens is 210 g/mol. The Balaban J connectivity index is 2.18. The van der Waals surface area contributed by atoms with Gasteiger partial charge >= 0.3 is 0 Å². The van der Waals surface area contributed by atoms with Crippen LogP contribution in [-0.2, 0) is 12.3 Å². The fourth-order valence-electron chi connectivity index (χ4n) is 1.80. The van der Waals surface area contributed by atoms with E-state index in [2.05, 4.69) is 28.6 Å². The standard InChI is InChI=1S/C11H18ClN3/c1-3-8(2)6-10-13-14-11(7-12)15(10)9-4-5-9/h8-9H,3-7H2,1-2H3. The molecule has 0 radical (unpaired) electrons. The van der Waals surface area contributed by atoms with E-state index in [1.54, 1.807) is 0 Å². The Labute approximate surface area is 95.8 Å². The summed E-state index contributed by atoms with van der Waals surface area (Å²) < 4.78 is 2.26. The van der Waals surface area contributed by atoms with Gasteiger partial charge in [-0.3, -0.25) is 0 Å². The average molecular weight is 228 g/mol. The Bertz CT molecular complexity index is 331. The summed E-state index contributed by atoms with van der Waals surface area (Å²) in [6.07, 6.45) is 4.73. The van der Waals surface area contributed by atoms with E-state index in [0.29, 0.717) is 17.8 Å². The lowest BCUT2D eigenvalue weighted by Crippen LogP contribution is -2.08. The van der Waals surface area contributed by atoms with Crippen LogP contribution in [0.3, 0.4) is 0 Å². The molecule has 1 heterocycles. The molecule has 0 bridgehead atoms. The molecule has 1 unspecified atom stereocenters. The zero-order valence-corrected chi connectivity index (χ0v) is 10.2. The summed E-state index contributed by atoms with van der Waals surface area (Å²) in [6, 6.07) is 0.632. The van der Waals surface area contributed by atoms with Crippen LogP contribution in [0.25, 0.3) is 0 Å². The van der Waals surface area contributed by atoms with Gasteiger partial charge in [0.2, 0.25) is 0 Å². The highest BCUT2D eigenvalue weighted by Crippen LogP contribution is 2.37. The van der Waals surface area contributed by atoms with Crippen molar-refractivity contribution < 1.29 is 0 Å². The first kappa shape index (κ1) is 10.9. The zero-order chi connectivity index (χ0) is 10.8. The van der Waals surface area contributed by atoms with Crippen LogP contribution in [0.2, 0.25) is 0 Å². The number of rotatable bonds is 5. The van der Waals surface area contributed by atoms with Gasteiger partial charge in [-0.05, 0) is 18.8 Å². The van der Waals surface area contributed by atoms with Crippen molar-refractivity contribution >= 4 is 11.6 Å². The summed E-state index contributed by atoms with van der Waals surface area (Å²) in [5.41, 5.74) is 0. The quantitative estimate of drug-likeness (QED) is 0.725. The monoisotopic (exact) mass is 227 g/mol. The Morgan fingerprint density at radius 1 is 1.40 bits per heavy atom. The molecule has 0 amide bonds. The first-order valence-electron chi connectivity index (χ1n) is 5.74.